The largest absolute Gasteiger partial charge is 0.374 e. The summed E-state index contributed by atoms with van der Waals surface area (Å²) in [5, 5.41) is 0.431. The fourth-order valence-electron chi connectivity index (χ4n) is 3.32. The molecule has 1 aliphatic heterocycles. The minimum absolute atomic E-state index is 0.431. The topological polar surface area (TPSA) is 9.23 Å². The normalized spacial score (nSPS) is 31.9. The van der Waals surface area contributed by atoms with Crippen molar-refractivity contribution in [2.45, 2.75) is 94.1 Å². The molecule has 1 aliphatic carbocycles. The van der Waals surface area contributed by atoms with E-state index in [2.05, 4.69) is 49.8 Å². The van der Waals surface area contributed by atoms with Crippen LogP contribution in [0.1, 0.15) is 59.3 Å². The molecule has 0 radical (unpaired) electrons. The Morgan fingerprint density at radius 2 is 1.63 bits per heavy atom. The van der Waals surface area contributed by atoms with Gasteiger partial charge < -0.3 is 4.74 Å². The molecule has 0 bridgehead atoms. The van der Waals surface area contributed by atoms with E-state index in [9.17, 15) is 0 Å². The average Bonchev–Trinajstić information content (AvgIpc) is 2.26. The molecule has 1 nitrogen and oxygen atoms in total. The van der Waals surface area contributed by atoms with Gasteiger partial charge in [0.2, 0.25) is 0 Å². The first-order valence-electron chi connectivity index (χ1n) is 8.03. The van der Waals surface area contributed by atoms with Crippen LogP contribution in [0.4, 0.5) is 0 Å². The third-order valence-electron chi connectivity index (χ3n) is 5.94. The fourth-order valence-corrected chi connectivity index (χ4v) is 7.69. The van der Waals surface area contributed by atoms with E-state index in [4.69, 9.17) is 4.74 Å². The van der Waals surface area contributed by atoms with Crippen LogP contribution in [0.15, 0.2) is 0 Å². The van der Waals surface area contributed by atoms with Crippen LogP contribution in [0.2, 0.25) is 18.1 Å². The lowest BCUT2D eigenvalue weighted by molar-refractivity contribution is -0.148. The van der Waals surface area contributed by atoms with Crippen LogP contribution >= 0.6 is 15.9 Å². The van der Waals surface area contributed by atoms with Crippen molar-refractivity contribution in [3.05, 3.63) is 0 Å². The van der Waals surface area contributed by atoms with Crippen molar-refractivity contribution in [1.29, 1.82) is 0 Å². The molecule has 2 aliphatic rings. The van der Waals surface area contributed by atoms with Crippen LogP contribution in [0.3, 0.4) is 0 Å². The highest BCUT2D eigenvalue weighted by Gasteiger charge is 2.49. The molecule has 0 aromatic heterocycles. The smallest absolute Gasteiger partial charge is 0.0712 e. The zero-order valence-electron chi connectivity index (χ0n) is 13.3. The van der Waals surface area contributed by atoms with Crippen molar-refractivity contribution < 1.29 is 4.74 Å². The minimum Gasteiger partial charge on any atom is -0.374 e. The van der Waals surface area contributed by atoms with E-state index in [1.54, 1.807) is 0 Å². The zero-order chi connectivity index (χ0) is 14.3. The van der Waals surface area contributed by atoms with E-state index in [1.165, 1.54) is 38.5 Å². The number of halogens is 1. The lowest BCUT2D eigenvalue weighted by Gasteiger charge is -2.50. The number of hydrogen-bond donors (Lipinski definition) is 0. The summed E-state index contributed by atoms with van der Waals surface area (Å²) in [4.78, 5) is 0. The van der Waals surface area contributed by atoms with E-state index in [-0.39, 0.29) is 0 Å². The Hall–Kier alpha value is 0.657. The molecule has 3 unspecified atom stereocenters. The zero-order valence-corrected chi connectivity index (χ0v) is 15.9. The second kappa shape index (κ2) is 5.80. The van der Waals surface area contributed by atoms with Gasteiger partial charge in [0, 0.05) is 10.9 Å². The van der Waals surface area contributed by atoms with Gasteiger partial charge in [0.05, 0.1) is 20.3 Å². The summed E-state index contributed by atoms with van der Waals surface area (Å²) in [7, 11) is -1.33. The summed E-state index contributed by atoms with van der Waals surface area (Å²) in [6.45, 7) is 12.2. The number of ether oxygens (including phenoxy) is 1. The van der Waals surface area contributed by atoms with Gasteiger partial charge in [0.1, 0.15) is 0 Å². The summed E-state index contributed by atoms with van der Waals surface area (Å²) in [6, 6.07) is 0. The maximum atomic E-state index is 6.31. The van der Waals surface area contributed by atoms with Crippen LogP contribution in [0, 0.1) is 5.92 Å². The molecular weight excluding hydrogens is 316 g/mol. The molecule has 2 rings (SSSR count). The third kappa shape index (κ3) is 3.29. The maximum absolute atomic E-state index is 6.31. The number of hydrogen-bond acceptors (Lipinski definition) is 1. The molecule has 1 saturated carbocycles. The molecule has 0 amide bonds. The van der Waals surface area contributed by atoms with Crippen molar-refractivity contribution >= 4 is 24.0 Å². The molecule has 0 aromatic rings. The molecular formula is C16H31BrOSi. The monoisotopic (exact) mass is 346 g/mol. The Morgan fingerprint density at radius 1 is 1.11 bits per heavy atom. The standard InChI is InChI=1S/C16H31BrOSi/c1-16(2,3)19(4,5)15(17)14-11-13(18-14)12-9-7-6-8-10-12/h12-15H,6-11H2,1-5H3. The van der Waals surface area contributed by atoms with Gasteiger partial charge in [-0.15, -0.1) is 0 Å². The fraction of sp³-hybridized carbons (Fsp3) is 1.00. The molecule has 2 fully saturated rings. The van der Waals surface area contributed by atoms with E-state index in [0.29, 0.717) is 21.7 Å². The van der Waals surface area contributed by atoms with Gasteiger partial charge in [-0.1, -0.05) is 69.1 Å². The highest BCUT2D eigenvalue weighted by atomic mass is 79.9. The lowest BCUT2D eigenvalue weighted by Crippen LogP contribution is -2.58. The van der Waals surface area contributed by atoms with Gasteiger partial charge in [-0.05, 0) is 23.8 Å². The molecule has 3 heteroatoms. The Morgan fingerprint density at radius 3 is 2.11 bits per heavy atom. The third-order valence-corrected chi connectivity index (χ3v) is 15.6. The summed E-state index contributed by atoms with van der Waals surface area (Å²) in [5.41, 5.74) is 0. The van der Waals surface area contributed by atoms with E-state index >= 15 is 0 Å². The summed E-state index contributed by atoms with van der Waals surface area (Å²) < 4.78 is 6.91. The van der Waals surface area contributed by atoms with E-state index in [0.717, 1.165) is 5.92 Å². The Bertz CT molecular complexity index is 298. The van der Waals surface area contributed by atoms with Crippen LogP contribution in [-0.2, 0) is 4.74 Å². The average molecular weight is 347 g/mol. The van der Waals surface area contributed by atoms with Crippen LogP contribution < -0.4 is 0 Å². The summed E-state index contributed by atoms with van der Waals surface area (Å²) in [5.74, 6) is 0.865. The summed E-state index contributed by atoms with van der Waals surface area (Å²) in [6.07, 6.45) is 9.47. The molecule has 19 heavy (non-hydrogen) atoms. The number of alkyl halides is 1. The quantitative estimate of drug-likeness (QED) is 0.481. The Balaban J connectivity index is 1.86. The molecule has 1 heterocycles. The van der Waals surface area contributed by atoms with Crippen molar-refractivity contribution in [2.24, 2.45) is 5.92 Å². The second-order valence-corrected chi connectivity index (χ2v) is 15.6. The Labute approximate surface area is 129 Å². The lowest BCUT2D eigenvalue weighted by atomic mass is 9.81. The predicted octanol–water partition coefficient (Wildman–Crippen LogP) is 5.54. The maximum Gasteiger partial charge on any atom is 0.0712 e. The van der Waals surface area contributed by atoms with Crippen LogP contribution in [0.25, 0.3) is 0 Å². The molecule has 0 aromatic carbocycles. The molecule has 3 atom stereocenters. The van der Waals surface area contributed by atoms with Crippen molar-refractivity contribution in [3.63, 3.8) is 0 Å². The first kappa shape index (κ1) is 16.0. The highest BCUT2D eigenvalue weighted by molar-refractivity contribution is 9.10. The molecule has 112 valence electrons. The van der Waals surface area contributed by atoms with Crippen LogP contribution in [-0.4, -0.2) is 24.7 Å². The van der Waals surface area contributed by atoms with Crippen LogP contribution in [0.5, 0.6) is 0 Å². The Kier molecular flexibility index (Phi) is 4.90. The van der Waals surface area contributed by atoms with Gasteiger partial charge in [-0.25, -0.2) is 0 Å². The first-order chi connectivity index (χ1) is 8.73. The van der Waals surface area contributed by atoms with Gasteiger partial charge >= 0.3 is 0 Å². The van der Waals surface area contributed by atoms with Gasteiger partial charge in [0.25, 0.3) is 0 Å². The van der Waals surface area contributed by atoms with Crippen molar-refractivity contribution in [2.75, 3.05) is 0 Å². The van der Waals surface area contributed by atoms with Gasteiger partial charge in [-0.2, -0.15) is 0 Å². The minimum atomic E-state index is -1.33. The van der Waals surface area contributed by atoms with Gasteiger partial charge in [0.15, 0.2) is 0 Å². The van der Waals surface area contributed by atoms with Gasteiger partial charge in [-0.3, -0.25) is 0 Å². The van der Waals surface area contributed by atoms with Crippen molar-refractivity contribution in [1.82, 2.24) is 0 Å². The van der Waals surface area contributed by atoms with Crippen molar-refractivity contribution in [3.8, 4) is 0 Å². The predicted molar refractivity (Wildman–Crippen MR) is 89.8 cm³/mol. The summed E-state index contributed by atoms with van der Waals surface area (Å²) >= 11 is 4.00. The first-order valence-corrected chi connectivity index (χ1v) is 12.0. The molecule has 0 spiro atoms. The SMILES string of the molecule is CC(C)(C)[Si](C)(C)C(Br)C1CC(C2CCCCC2)O1. The molecule has 0 N–H and O–H groups in total. The number of rotatable bonds is 3. The van der Waals surface area contributed by atoms with E-state index in [1.807, 2.05) is 0 Å². The van der Waals surface area contributed by atoms with E-state index < -0.39 is 8.07 Å². The highest BCUT2D eigenvalue weighted by Crippen LogP contribution is 2.46. The molecule has 1 saturated heterocycles. The second-order valence-electron chi connectivity index (χ2n) is 8.22.